The van der Waals surface area contributed by atoms with E-state index in [-0.39, 0.29) is 11.9 Å². The van der Waals surface area contributed by atoms with Gasteiger partial charge in [-0.25, -0.2) is 0 Å². The maximum absolute atomic E-state index is 12.2. The van der Waals surface area contributed by atoms with E-state index in [0.717, 1.165) is 17.8 Å². The number of carbonyl (C=O) groups excluding carboxylic acids is 1. The first-order chi connectivity index (χ1) is 8.45. The number of nitrogens with zero attached hydrogens (tertiary/aromatic N) is 1. The van der Waals surface area contributed by atoms with E-state index >= 15 is 0 Å². The Labute approximate surface area is 114 Å². The highest BCUT2D eigenvalue weighted by Gasteiger charge is 2.18. The number of alkyl halides is 1. The number of pyridine rings is 1. The second kappa shape index (κ2) is 6.74. The second-order valence-electron chi connectivity index (χ2n) is 4.89. The number of aryl methyl sites for hydroxylation is 2. The monoisotopic (exact) mass is 268 g/mol. The molecule has 1 heterocycles. The summed E-state index contributed by atoms with van der Waals surface area (Å²) >= 11 is 5.76. The SMILES string of the molecule is Cc1ccc(C(=O)NC(CCCl)C(C)C)c(C)n1. The molecule has 3 nitrogen and oxygen atoms in total. The van der Waals surface area contributed by atoms with Crippen LogP contribution in [0.15, 0.2) is 12.1 Å². The van der Waals surface area contributed by atoms with Gasteiger partial charge in [-0.05, 0) is 38.3 Å². The van der Waals surface area contributed by atoms with Gasteiger partial charge in [0, 0.05) is 17.6 Å². The molecule has 0 fully saturated rings. The van der Waals surface area contributed by atoms with E-state index in [1.807, 2.05) is 26.0 Å². The summed E-state index contributed by atoms with van der Waals surface area (Å²) in [7, 11) is 0. The average molecular weight is 269 g/mol. The van der Waals surface area contributed by atoms with Gasteiger partial charge in [-0.1, -0.05) is 13.8 Å². The fourth-order valence-electron chi connectivity index (χ4n) is 1.86. The molecule has 0 bridgehead atoms. The van der Waals surface area contributed by atoms with Gasteiger partial charge in [-0.15, -0.1) is 11.6 Å². The van der Waals surface area contributed by atoms with Crippen LogP contribution in [0.2, 0.25) is 0 Å². The van der Waals surface area contributed by atoms with Crippen LogP contribution in [0.1, 0.15) is 42.0 Å². The average Bonchev–Trinajstić information content (AvgIpc) is 2.27. The largest absolute Gasteiger partial charge is 0.349 e. The highest BCUT2D eigenvalue weighted by molar-refractivity contribution is 6.17. The number of hydrogen-bond acceptors (Lipinski definition) is 2. The Kier molecular flexibility index (Phi) is 5.60. The molecule has 1 atom stereocenters. The van der Waals surface area contributed by atoms with Crippen LogP contribution in [-0.2, 0) is 0 Å². The van der Waals surface area contributed by atoms with Crippen LogP contribution in [0.3, 0.4) is 0 Å². The van der Waals surface area contributed by atoms with Gasteiger partial charge in [0.05, 0.1) is 11.3 Å². The van der Waals surface area contributed by atoms with Crippen molar-refractivity contribution < 1.29 is 4.79 Å². The van der Waals surface area contributed by atoms with Crippen LogP contribution in [0.5, 0.6) is 0 Å². The maximum Gasteiger partial charge on any atom is 0.253 e. The zero-order chi connectivity index (χ0) is 13.7. The summed E-state index contributed by atoms with van der Waals surface area (Å²) in [5, 5.41) is 3.03. The minimum atomic E-state index is -0.0659. The number of amides is 1. The minimum Gasteiger partial charge on any atom is -0.349 e. The normalized spacial score (nSPS) is 12.6. The summed E-state index contributed by atoms with van der Waals surface area (Å²) in [6, 6.07) is 3.79. The van der Waals surface area contributed by atoms with E-state index in [4.69, 9.17) is 11.6 Å². The van der Waals surface area contributed by atoms with Crippen LogP contribution in [0, 0.1) is 19.8 Å². The van der Waals surface area contributed by atoms with Gasteiger partial charge in [0.15, 0.2) is 0 Å². The Balaban J connectivity index is 2.80. The lowest BCUT2D eigenvalue weighted by Gasteiger charge is -2.21. The van der Waals surface area contributed by atoms with E-state index in [1.165, 1.54) is 0 Å². The van der Waals surface area contributed by atoms with Crippen LogP contribution in [0.25, 0.3) is 0 Å². The summed E-state index contributed by atoms with van der Waals surface area (Å²) in [5.41, 5.74) is 2.33. The standard InChI is InChI=1S/C14H21ClN2O/c1-9(2)13(7-8-15)17-14(18)12-6-5-10(3)16-11(12)4/h5-6,9,13H,7-8H2,1-4H3,(H,17,18). The summed E-state index contributed by atoms with van der Waals surface area (Å²) in [4.78, 5) is 16.5. The van der Waals surface area contributed by atoms with Crippen molar-refractivity contribution in [1.29, 1.82) is 0 Å². The molecule has 1 rings (SSSR count). The van der Waals surface area contributed by atoms with Crippen LogP contribution in [-0.4, -0.2) is 22.8 Å². The first-order valence-electron chi connectivity index (χ1n) is 6.26. The van der Waals surface area contributed by atoms with E-state index in [9.17, 15) is 4.79 Å². The highest BCUT2D eigenvalue weighted by Crippen LogP contribution is 2.11. The number of rotatable bonds is 5. The first kappa shape index (κ1) is 15.0. The van der Waals surface area contributed by atoms with Crippen molar-refractivity contribution in [3.63, 3.8) is 0 Å². The third-order valence-electron chi connectivity index (χ3n) is 3.01. The van der Waals surface area contributed by atoms with E-state index in [0.29, 0.717) is 17.4 Å². The Morgan fingerprint density at radius 1 is 1.39 bits per heavy atom. The molecule has 0 saturated heterocycles. The van der Waals surface area contributed by atoms with Crippen molar-refractivity contribution in [2.24, 2.45) is 5.92 Å². The lowest BCUT2D eigenvalue weighted by molar-refractivity contribution is 0.0924. The quantitative estimate of drug-likeness (QED) is 0.834. The molecule has 4 heteroatoms. The molecule has 0 radical (unpaired) electrons. The predicted molar refractivity (Wildman–Crippen MR) is 75.1 cm³/mol. The van der Waals surface area contributed by atoms with E-state index in [2.05, 4.69) is 24.1 Å². The van der Waals surface area contributed by atoms with Crippen molar-refractivity contribution >= 4 is 17.5 Å². The van der Waals surface area contributed by atoms with E-state index < -0.39 is 0 Å². The van der Waals surface area contributed by atoms with Gasteiger partial charge in [0.25, 0.3) is 5.91 Å². The summed E-state index contributed by atoms with van der Waals surface area (Å²) in [5.74, 6) is 0.851. The summed E-state index contributed by atoms with van der Waals surface area (Å²) in [6.45, 7) is 7.93. The molecule has 0 aromatic carbocycles. The van der Waals surface area contributed by atoms with E-state index in [1.54, 1.807) is 0 Å². The Bertz CT molecular complexity index is 418. The third-order valence-corrected chi connectivity index (χ3v) is 3.23. The lowest BCUT2D eigenvalue weighted by atomic mass is 10.0. The molecule has 1 unspecified atom stereocenters. The fraction of sp³-hybridized carbons (Fsp3) is 0.571. The highest BCUT2D eigenvalue weighted by atomic mass is 35.5. The number of halogens is 1. The summed E-state index contributed by atoms with van der Waals surface area (Å²) in [6.07, 6.45) is 0.781. The molecular weight excluding hydrogens is 248 g/mol. The van der Waals surface area contributed by atoms with Crippen molar-refractivity contribution in [3.05, 3.63) is 29.1 Å². The van der Waals surface area contributed by atoms with Gasteiger partial charge in [-0.2, -0.15) is 0 Å². The van der Waals surface area contributed by atoms with Gasteiger partial charge < -0.3 is 5.32 Å². The molecule has 100 valence electrons. The van der Waals surface area contributed by atoms with Gasteiger partial charge >= 0.3 is 0 Å². The Morgan fingerprint density at radius 3 is 2.56 bits per heavy atom. The molecule has 1 amide bonds. The zero-order valence-corrected chi connectivity index (χ0v) is 12.2. The predicted octanol–water partition coefficient (Wildman–Crippen LogP) is 3.08. The minimum absolute atomic E-state index is 0.0659. The molecule has 1 aromatic rings. The molecule has 0 aliphatic rings. The molecule has 0 aliphatic carbocycles. The van der Waals surface area contributed by atoms with Crippen LogP contribution in [0.4, 0.5) is 0 Å². The maximum atomic E-state index is 12.2. The zero-order valence-electron chi connectivity index (χ0n) is 11.5. The van der Waals surface area contributed by atoms with Crippen LogP contribution >= 0.6 is 11.6 Å². The number of aromatic nitrogens is 1. The number of nitrogens with one attached hydrogen (secondary N) is 1. The molecule has 0 saturated carbocycles. The Morgan fingerprint density at radius 2 is 2.06 bits per heavy atom. The van der Waals surface area contributed by atoms with Crippen molar-refractivity contribution in [2.75, 3.05) is 5.88 Å². The molecule has 1 aromatic heterocycles. The van der Waals surface area contributed by atoms with Gasteiger partial charge in [0.2, 0.25) is 0 Å². The topological polar surface area (TPSA) is 42.0 Å². The van der Waals surface area contributed by atoms with Crippen molar-refractivity contribution in [2.45, 2.75) is 40.2 Å². The third kappa shape index (κ3) is 3.98. The summed E-state index contributed by atoms with van der Waals surface area (Å²) < 4.78 is 0. The van der Waals surface area contributed by atoms with Crippen molar-refractivity contribution in [3.8, 4) is 0 Å². The Hall–Kier alpha value is -1.09. The molecule has 0 aliphatic heterocycles. The molecule has 0 spiro atoms. The number of hydrogen-bond donors (Lipinski definition) is 1. The molecule has 18 heavy (non-hydrogen) atoms. The van der Waals surface area contributed by atoms with Crippen molar-refractivity contribution in [1.82, 2.24) is 10.3 Å². The molecule has 1 N–H and O–H groups in total. The fourth-order valence-corrected chi connectivity index (χ4v) is 2.10. The molecular formula is C14H21ClN2O. The lowest BCUT2D eigenvalue weighted by Crippen LogP contribution is -2.39. The number of carbonyl (C=O) groups is 1. The second-order valence-corrected chi connectivity index (χ2v) is 5.27. The van der Waals surface area contributed by atoms with Gasteiger partial charge in [0.1, 0.15) is 0 Å². The van der Waals surface area contributed by atoms with Crippen LogP contribution < -0.4 is 5.32 Å². The smallest absolute Gasteiger partial charge is 0.253 e. The first-order valence-corrected chi connectivity index (χ1v) is 6.80. The van der Waals surface area contributed by atoms with Gasteiger partial charge in [-0.3, -0.25) is 9.78 Å².